The largest absolute Gasteiger partial charge is 0.478 e. The molecule has 1 N–H and O–H groups in total. The fourth-order valence-corrected chi connectivity index (χ4v) is 7.17. The topological polar surface area (TPSA) is 82.6 Å². The molecule has 6 rings (SSSR count). The highest BCUT2D eigenvalue weighted by Crippen LogP contribution is 2.51. The number of carboxylic acid groups (broad SMARTS) is 1. The van der Waals surface area contributed by atoms with E-state index in [1.807, 2.05) is 6.92 Å². The molecule has 238 valence electrons. The minimum Gasteiger partial charge on any atom is -0.478 e. The molecule has 2 aromatic rings. The number of ether oxygens (including phenoxy) is 2. The van der Waals surface area contributed by atoms with Crippen LogP contribution in [0.15, 0.2) is 36.4 Å². The molecule has 0 bridgehead atoms. The molecule has 2 saturated heterocycles. The summed E-state index contributed by atoms with van der Waals surface area (Å²) in [6, 6.07) is 7.62. The van der Waals surface area contributed by atoms with Gasteiger partial charge in [-0.2, -0.15) is 13.2 Å². The molecule has 12 heteroatoms. The van der Waals surface area contributed by atoms with Crippen LogP contribution >= 0.6 is 0 Å². The lowest BCUT2D eigenvalue weighted by molar-refractivity contribution is -0.156. The summed E-state index contributed by atoms with van der Waals surface area (Å²) < 4.78 is 66.7. The average molecular weight is 620 g/mol. The van der Waals surface area contributed by atoms with Crippen LogP contribution in [0.2, 0.25) is 0 Å². The second-order valence-corrected chi connectivity index (χ2v) is 12.4. The molecule has 1 aliphatic carbocycles. The number of carboxylic acids is 1. The van der Waals surface area contributed by atoms with Crippen molar-refractivity contribution in [2.45, 2.75) is 69.1 Å². The first-order valence-corrected chi connectivity index (χ1v) is 15.2. The number of carbonyl (C=O) groups excluding carboxylic acids is 1. The fourth-order valence-electron chi connectivity index (χ4n) is 7.17. The van der Waals surface area contributed by atoms with Crippen LogP contribution in [-0.4, -0.2) is 84.9 Å². The monoisotopic (exact) mass is 619 g/mol. The van der Waals surface area contributed by atoms with Gasteiger partial charge in [-0.1, -0.05) is 6.07 Å². The maximum atomic E-state index is 13.9. The minimum absolute atomic E-state index is 0.0375. The third kappa shape index (κ3) is 5.91. The molecular formula is C32H37F4N3O5. The standard InChI is InChI=1S/C32H37F4N3O5/c1-18-15-37(11-12-38(18)21-6-9-26(33)25(14-21)31(41)42)22-7-10-27(44-17-22)30(40)39-16-28(43-2)23-8-5-20(32(34,35)36)13-24(23)29(39)19-3-4-19/h5-6,8-9,13-14,18-19,22,27-29H,3-4,7,10-12,15-17H2,1-2H3,(H,41,42)/t18-,22+,27+,28?,29?/m0/s1. The Morgan fingerprint density at radius 3 is 2.39 bits per heavy atom. The Morgan fingerprint density at radius 2 is 1.77 bits per heavy atom. The highest BCUT2D eigenvalue weighted by atomic mass is 19.4. The van der Waals surface area contributed by atoms with Gasteiger partial charge >= 0.3 is 12.1 Å². The van der Waals surface area contributed by atoms with Crippen LogP contribution in [0.1, 0.15) is 71.8 Å². The molecule has 2 aromatic carbocycles. The predicted octanol–water partition coefficient (Wildman–Crippen LogP) is 5.28. The van der Waals surface area contributed by atoms with Crippen molar-refractivity contribution in [1.29, 1.82) is 0 Å². The number of piperazine rings is 1. The van der Waals surface area contributed by atoms with Gasteiger partial charge in [0.2, 0.25) is 0 Å². The van der Waals surface area contributed by atoms with E-state index in [1.165, 1.54) is 31.4 Å². The van der Waals surface area contributed by atoms with Crippen LogP contribution in [0.25, 0.3) is 0 Å². The summed E-state index contributed by atoms with van der Waals surface area (Å²) in [5, 5.41) is 9.31. The van der Waals surface area contributed by atoms with Crippen molar-refractivity contribution in [3.05, 3.63) is 64.5 Å². The Bertz CT molecular complexity index is 1410. The van der Waals surface area contributed by atoms with Crippen molar-refractivity contribution in [3.63, 3.8) is 0 Å². The molecule has 1 saturated carbocycles. The van der Waals surface area contributed by atoms with E-state index in [2.05, 4.69) is 9.80 Å². The van der Waals surface area contributed by atoms with E-state index in [1.54, 1.807) is 11.0 Å². The zero-order chi connectivity index (χ0) is 31.3. The van der Waals surface area contributed by atoms with Crippen LogP contribution in [0.4, 0.5) is 23.2 Å². The van der Waals surface area contributed by atoms with E-state index >= 15 is 0 Å². The number of hydrogen-bond donors (Lipinski definition) is 1. The normalized spacial score (nSPS) is 28.1. The summed E-state index contributed by atoms with van der Waals surface area (Å²) in [6.07, 6.45) is -2.74. The molecule has 1 amide bonds. The van der Waals surface area contributed by atoms with Gasteiger partial charge < -0.3 is 24.4 Å². The predicted molar refractivity (Wildman–Crippen MR) is 153 cm³/mol. The second-order valence-electron chi connectivity index (χ2n) is 12.4. The quantitative estimate of drug-likeness (QED) is 0.441. The first kappa shape index (κ1) is 30.8. The summed E-state index contributed by atoms with van der Waals surface area (Å²) in [4.78, 5) is 31.4. The average Bonchev–Trinajstić information content (AvgIpc) is 3.85. The third-order valence-electron chi connectivity index (χ3n) is 9.63. The van der Waals surface area contributed by atoms with E-state index in [4.69, 9.17) is 9.47 Å². The van der Waals surface area contributed by atoms with Gasteiger partial charge in [-0.05, 0) is 80.0 Å². The number of fused-ring (bicyclic) bond motifs is 1. The summed E-state index contributed by atoms with van der Waals surface area (Å²) in [5.74, 6) is -2.16. The summed E-state index contributed by atoms with van der Waals surface area (Å²) >= 11 is 0. The summed E-state index contributed by atoms with van der Waals surface area (Å²) in [5.41, 5.74) is 0.808. The molecule has 0 aromatic heterocycles. The smallest absolute Gasteiger partial charge is 0.416 e. The van der Waals surface area contributed by atoms with Crippen molar-refractivity contribution in [1.82, 2.24) is 9.80 Å². The molecular weight excluding hydrogens is 582 g/mol. The molecule has 3 fully saturated rings. The second kappa shape index (κ2) is 11.9. The zero-order valence-electron chi connectivity index (χ0n) is 24.7. The number of alkyl halides is 3. The molecule has 3 aliphatic heterocycles. The van der Waals surface area contributed by atoms with Gasteiger partial charge in [-0.15, -0.1) is 0 Å². The molecule has 44 heavy (non-hydrogen) atoms. The highest BCUT2D eigenvalue weighted by molar-refractivity contribution is 5.89. The molecule has 4 aliphatic rings. The lowest BCUT2D eigenvalue weighted by atomic mass is 9.86. The molecule has 5 atom stereocenters. The lowest BCUT2D eigenvalue weighted by Gasteiger charge is -2.47. The van der Waals surface area contributed by atoms with Crippen molar-refractivity contribution < 1.29 is 41.7 Å². The van der Waals surface area contributed by atoms with Crippen LogP contribution in [0.3, 0.4) is 0 Å². The number of aromatic carboxylic acids is 1. The minimum atomic E-state index is -4.48. The number of hydrogen-bond acceptors (Lipinski definition) is 6. The van der Waals surface area contributed by atoms with Gasteiger partial charge in [0.1, 0.15) is 18.0 Å². The lowest BCUT2D eigenvalue weighted by Crippen LogP contribution is -2.58. The zero-order valence-corrected chi connectivity index (χ0v) is 24.7. The van der Waals surface area contributed by atoms with Gasteiger partial charge in [0.25, 0.3) is 5.91 Å². The van der Waals surface area contributed by atoms with Gasteiger partial charge in [0, 0.05) is 44.5 Å². The number of halogens is 4. The molecule has 3 heterocycles. The number of benzene rings is 2. The Labute approximate surface area is 253 Å². The summed E-state index contributed by atoms with van der Waals surface area (Å²) in [6.45, 7) is 4.67. The molecule has 0 spiro atoms. The van der Waals surface area contributed by atoms with E-state index in [-0.39, 0.29) is 36.0 Å². The van der Waals surface area contributed by atoms with Crippen molar-refractivity contribution >= 4 is 17.6 Å². The first-order valence-electron chi connectivity index (χ1n) is 15.2. The van der Waals surface area contributed by atoms with Crippen molar-refractivity contribution in [2.24, 2.45) is 5.92 Å². The molecule has 2 unspecified atom stereocenters. The fraction of sp³-hybridized carbons (Fsp3) is 0.562. The maximum absolute atomic E-state index is 13.9. The van der Waals surface area contributed by atoms with E-state index in [9.17, 15) is 32.3 Å². The van der Waals surface area contributed by atoms with Gasteiger partial charge in [-0.25, -0.2) is 9.18 Å². The maximum Gasteiger partial charge on any atom is 0.416 e. The third-order valence-corrected chi connectivity index (χ3v) is 9.63. The van der Waals surface area contributed by atoms with Crippen LogP contribution in [0, 0.1) is 11.7 Å². The van der Waals surface area contributed by atoms with E-state index in [0.29, 0.717) is 49.5 Å². The first-order chi connectivity index (χ1) is 21.0. The van der Waals surface area contributed by atoms with E-state index in [0.717, 1.165) is 25.3 Å². The van der Waals surface area contributed by atoms with Crippen LogP contribution < -0.4 is 4.90 Å². The Hall–Kier alpha value is -3.22. The van der Waals surface area contributed by atoms with Crippen LogP contribution in [0.5, 0.6) is 0 Å². The molecule has 8 nitrogen and oxygen atoms in total. The SMILES string of the molecule is COC1CN(C(=O)[C@H]2CC[C@@H](N3CCN(c4ccc(F)c(C(=O)O)c4)[C@@H](C)C3)CO2)C(C2CC2)c2cc(C(F)(F)F)ccc21. The number of methoxy groups -OCH3 is 1. The van der Waals surface area contributed by atoms with E-state index < -0.39 is 41.8 Å². The highest BCUT2D eigenvalue weighted by Gasteiger charge is 2.47. The van der Waals surface area contributed by atoms with Gasteiger partial charge in [-0.3, -0.25) is 9.69 Å². The Balaban J connectivity index is 1.11. The van der Waals surface area contributed by atoms with Gasteiger partial charge in [0.05, 0.1) is 30.3 Å². The van der Waals surface area contributed by atoms with Crippen molar-refractivity contribution in [2.75, 3.05) is 44.8 Å². The number of rotatable bonds is 6. The number of anilines is 1. The molecule has 0 radical (unpaired) electrons. The Morgan fingerprint density at radius 1 is 1.00 bits per heavy atom. The number of carbonyl (C=O) groups is 2. The summed E-state index contributed by atoms with van der Waals surface area (Å²) in [7, 11) is 1.51. The van der Waals surface area contributed by atoms with Gasteiger partial charge in [0.15, 0.2) is 0 Å². The van der Waals surface area contributed by atoms with Crippen LogP contribution in [-0.2, 0) is 20.4 Å². The number of amides is 1. The van der Waals surface area contributed by atoms with Crippen molar-refractivity contribution in [3.8, 4) is 0 Å². The Kier molecular flexibility index (Phi) is 8.36. The number of nitrogens with zero attached hydrogens (tertiary/aromatic N) is 3.